The SMILES string of the molecule is CC(C)(C)[C@@H](CO)NC(=O)c1nn(-c2c[n+]([O-])ccn2)c2c1CCCC21CC1. The summed E-state index contributed by atoms with van der Waals surface area (Å²) < 4.78 is 2.38. The van der Waals surface area contributed by atoms with E-state index in [1.54, 1.807) is 4.68 Å². The van der Waals surface area contributed by atoms with Crippen molar-refractivity contribution in [3.63, 3.8) is 0 Å². The van der Waals surface area contributed by atoms with Crippen molar-refractivity contribution in [3.05, 3.63) is 40.7 Å². The van der Waals surface area contributed by atoms with Gasteiger partial charge in [0.1, 0.15) is 0 Å². The first kappa shape index (κ1) is 18.9. The Morgan fingerprint density at radius 2 is 2.18 bits per heavy atom. The second-order valence-corrected chi connectivity index (χ2v) is 9.07. The van der Waals surface area contributed by atoms with Gasteiger partial charge in [-0.3, -0.25) is 4.79 Å². The number of aliphatic hydroxyl groups is 1. The van der Waals surface area contributed by atoms with Gasteiger partial charge in [-0.05, 0) is 37.5 Å². The molecule has 2 N–H and O–H groups in total. The van der Waals surface area contributed by atoms with E-state index in [1.165, 1.54) is 18.6 Å². The average Bonchev–Trinajstić information content (AvgIpc) is 3.27. The van der Waals surface area contributed by atoms with E-state index in [0.717, 1.165) is 43.4 Å². The van der Waals surface area contributed by atoms with Crippen LogP contribution in [0.25, 0.3) is 5.82 Å². The third-order valence-corrected chi connectivity index (χ3v) is 6.05. The summed E-state index contributed by atoms with van der Waals surface area (Å²) in [6.07, 6.45) is 9.16. The molecule has 0 unspecified atom stereocenters. The van der Waals surface area contributed by atoms with Crippen LogP contribution in [-0.4, -0.2) is 38.4 Å². The maximum absolute atomic E-state index is 13.1. The molecule has 2 aliphatic rings. The van der Waals surface area contributed by atoms with Crippen LogP contribution in [0.5, 0.6) is 0 Å². The molecule has 1 fully saturated rings. The lowest BCUT2D eigenvalue weighted by Crippen LogP contribution is -2.46. The van der Waals surface area contributed by atoms with Gasteiger partial charge in [-0.25, -0.2) is 9.67 Å². The van der Waals surface area contributed by atoms with Gasteiger partial charge in [-0.1, -0.05) is 20.8 Å². The van der Waals surface area contributed by atoms with E-state index < -0.39 is 0 Å². The third-order valence-electron chi connectivity index (χ3n) is 6.05. The van der Waals surface area contributed by atoms with Gasteiger partial charge >= 0.3 is 0 Å². The molecular formula is C20H27N5O3. The summed E-state index contributed by atoms with van der Waals surface area (Å²) in [5, 5.41) is 29.0. The van der Waals surface area contributed by atoms with Crippen LogP contribution in [0.4, 0.5) is 0 Å². The van der Waals surface area contributed by atoms with Crippen LogP contribution in [0.2, 0.25) is 0 Å². The highest BCUT2D eigenvalue weighted by Crippen LogP contribution is 2.56. The molecule has 2 aliphatic carbocycles. The number of rotatable bonds is 4. The highest BCUT2D eigenvalue weighted by Gasteiger charge is 2.51. The maximum Gasteiger partial charge on any atom is 0.272 e. The number of carbonyl (C=O) groups is 1. The molecule has 4 rings (SSSR count). The number of hydrogen-bond donors (Lipinski definition) is 2. The van der Waals surface area contributed by atoms with E-state index in [9.17, 15) is 15.1 Å². The first-order chi connectivity index (χ1) is 13.2. The van der Waals surface area contributed by atoms with E-state index in [-0.39, 0.29) is 29.4 Å². The molecule has 0 bridgehead atoms. The predicted octanol–water partition coefficient (Wildman–Crippen LogP) is 1.41. The normalized spacial score (nSPS) is 18.6. The van der Waals surface area contributed by atoms with Gasteiger partial charge in [-0.15, -0.1) is 0 Å². The lowest BCUT2D eigenvalue weighted by Gasteiger charge is -2.29. The van der Waals surface area contributed by atoms with Crippen LogP contribution in [0.15, 0.2) is 18.6 Å². The molecule has 8 nitrogen and oxygen atoms in total. The Bertz CT molecular complexity index is 911. The molecular weight excluding hydrogens is 358 g/mol. The monoisotopic (exact) mass is 385 g/mol. The maximum atomic E-state index is 13.1. The number of carbonyl (C=O) groups excluding carboxylic acids is 1. The summed E-state index contributed by atoms with van der Waals surface area (Å²) in [5.41, 5.74) is 2.13. The van der Waals surface area contributed by atoms with E-state index in [2.05, 4.69) is 15.4 Å². The van der Waals surface area contributed by atoms with E-state index >= 15 is 0 Å². The van der Waals surface area contributed by atoms with Gasteiger partial charge in [0.2, 0.25) is 12.0 Å². The Hall–Kier alpha value is -2.48. The number of amides is 1. The fourth-order valence-electron chi connectivity index (χ4n) is 4.18. The molecule has 8 heteroatoms. The van der Waals surface area contributed by atoms with Crippen molar-refractivity contribution in [2.45, 2.75) is 64.3 Å². The first-order valence-electron chi connectivity index (χ1n) is 9.84. The van der Waals surface area contributed by atoms with Crippen molar-refractivity contribution >= 4 is 5.91 Å². The van der Waals surface area contributed by atoms with Gasteiger partial charge in [-0.2, -0.15) is 9.83 Å². The second kappa shape index (κ2) is 6.55. The van der Waals surface area contributed by atoms with Gasteiger partial charge < -0.3 is 15.6 Å². The predicted molar refractivity (Wildman–Crippen MR) is 102 cm³/mol. The van der Waals surface area contributed by atoms with Crippen LogP contribution < -0.4 is 10.0 Å². The van der Waals surface area contributed by atoms with E-state index in [1.807, 2.05) is 20.8 Å². The molecule has 28 heavy (non-hydrogen) atoms. The summed E-state index contributed by atoms with van der Waals surface area (Å²) >= 11 is 0. The molecule has 150 valence electrons. The largest absolute Gasteiger partial charge is 0.619 e. The number of aliphatic hydroxyl groups excluding tert-OH is 1. The van der Waals surface area contributed by atoms with Crippen molar-refractivity contribution < 1.29 is 14.6 Å². The molecule has 1 saturated carbocycles. The first-order valence-corrected chi connectivity index (χ1v) is 9.84. The summed E-state index contributed by atoms with van der Waals surface area (Å²) in [6, 6.07) is -0.377. The fraction of sp³-hybridized carbons (Fsp3) is 0.600. The highest BCUT2D eigenvalue weighted by atomic mass is 16.5. The van der Waals surface area contributed by atoms with Gasteiger partial charge in [0.15, 0.2) is 11.9 Å². The zero-order valence-electron chi connectivity index (χ0n) is 16.6. The Labute approximate surface area is 164 Å². The highest BCUT2D eigenvalue weighted by molar-refractivity contribution is 5.94. The molecule has 2 aromatic rings. The summed E-state index contributed by atoms with van der Waals surface area (Å²) in [5.74, 6) is 0.142. The molecule has 1 amide bonds. The number of hydrogen-bond acceptors (Lipinski definition) is 5. The molecule has 2 aromatic heterocycles. The van der Waals surface area contributed by atoms with Crippen molar-refractivity contribution in [2.75, 3.05) is 6.61 Å². The van der Waals surface area contributed by atoms with Crippen molar-refractivity contribution in [1.82, 2.24) is 20.1 Å². The Morgan fingerprint density at radius 3 is 2.79 bits per heavy atom. The summed E-state index contributed by atoms with van der Waals surface area (Å²) in [6.45, 7) is 5.78. The lowest BCUT2D eigenvalue weighted by atomic mass is 9.83. The van der Waals surface area contributed by atoms with Crippen LogP contribution in [0.1, 0.15) is 68.2 Å². The van der Waals surface area contributed by atoms with Gasteiger partial charge in [0.25, 0.3) is 5.91 Å². The average molecular weight is 385 g/mol. The minimum atomic E-state index is -0.377. The Morgan fingerprint density at radius 1 is 1.43 bits per heavy atom. The van der Waals surface area contributed by atoms with E-state index in [0.29, 0.717) is 16.2 Å². The van der Waals surface area contributed by atoms with Crippen LogP contribution >= 0.6 is 0 Å². The van der Waals surface area contributed by atoms with Gasteiger partial charge in [0, 0.05) is 11.0 Å². The Balaban J connectivity index is 1.78. The molecule has 0 radical (unpaired) electrons. The van der Waals surface area contributed by atoms with Gasteiger partial charge in [0.05, 0.1) is 24.5 Å². The quantitative estimate of drug-likeness (QED) is 0.611. The number of aromatic nitrogens is 4. The molecule has 0 aliphatic heterocycles. The van der Waals surface area contributed by atoms with Crippen LogP contribution in [0.3, 0.4) is 0 Å². The molecule has 1 spiro atoms. The molecule has 2 heterocycles. The molecule has 0 aromatic carbocycles. The number of fused-ring (bicyclic) bond motifs is 2. The number of nitrogens with zero attached hydrogens (tertiary/aromatic N) is 4. The van der Waals surface area contributed by atoms with Crippen molar-refractivity contribution in [3.8, 4) is 5.82 Å². The molecule has 1 atom stereocenters. The zero-order chi connectivity index (χ0) is 20.1. The smallest absolute Gasteiger partial charge is 0.272 e. The topological polar surface area (TPSA) is 107 Å². The summed E-state index contributed by atoms with van der Waals surface area (Å²) in [7, 11) is 0. The molecule has 0 saturated heterocycles. The summed E-state index contributed by atoms with van der Waals surface area (Å²) in [4.78, 5) is 17.4. The van der Waals surface area contributed by atoms with E-state index in [4.69, 9.17) is 0 Å². The zero-order valence-corrected chi connectivity index (χ0v) is 16.6. The fourth-order valence-corrected chi connectivity index (χ4v) is 4.18. The number of nitrogens with one attached hydrogen (secondary N) is 1. The minimum Gasteiger partial charge on any atom is -0.619 e. The third kappa shape index (κ3) is 3.15. The lowest BCUT2D eigenvalue weighted by molar-refractivity contribution is -0.605. The minimum absolute atomic E-state index is 0.0464. The second-order valence-electron chi connectivity index (χ2n) is 9.07. The van der Waals surface area contributed by atoms with Crippen LogP contribution in [-0.2, 0) is 11.8 Å². The Kier molecular flexibility index (Phi) is 4.41. The van der Waals surface area contributed by atoms with Crippen LogP contribution in [0, 0.1) is 10.6 Å². The standard InChI is InChI=1S/C20H27N5O3/c1-19(2,3)14(12-26)22-18(27)16-13-5-4-6-20(7-8-20)17(13)25(23-16)15-11-24(28)10-9-21-15/h9-11,14,26H,4-8,12H2,1-3H3,(H,22,27)/t14-/m1/s1. The van der Waals surface area contributed by atoms with Crippen molar-refractivity contribution in [1.29, 1.82) is 0 Å². The van der Waals surface area contributed by atoms with Crippen molar-refractivity contribution in [2.24, 2.45) is 5.41 Å².